The minimum Gasteiger partial charge on any atom is -0.382 e. The lowest BCUT2D eigenvalue weighted by atomic mass is 9.91. The maximum absolute atomic E-state index is 13.0. The predicted octanol–water partition coefficient (Wildman–Crippen LogP) is 3.74. The fourth-order valence-electron chi connectivity index (χ4n) is 3.78. The minimum absolute atomic E-state index is 0.0239. The number of nitrogens with zero attached hydrogens (tertiary/aromatic N) is 3. The van der Waals surface area contributed by atoms with E-state index in [1.807, 2.05) is 19.9 Å². The summed E-state index contributed by atoms with van der Waals surface area (Å²) < 4.78 is 0. The number of hydrogen-bond donors (Lipinski definition) is 4. The number of amides is 2. The zero-order chi connectivity index (χ0) is 24.0. The first-order valence-corrected chi connectivity index (χ1v) is 11.3. The number of hydrogen-bond acceptors (Lipinski definition) is 7. The number of halogens is 1. The van der Waals surface area contributed by atoms with Crippen LogP contribution >= 0.6 is 11.6 Å². The number of aromatic nitrogens is 2. The van der Waals surface area contributed by atoms with Gasteiger partial charge < -0.3 is 21.3 Å². The summed E-state index contributed by atoms with van der Waals surface area (Å²) in [5.74, 6) is 0.607. The van der Waals surface area contributed by atoms with Gasteiger partial charge in [0.05, 0.1) is 21.8 Å². The lowest BCUT2D eigenvalue weighted by molar-refractivity contribution is -0.119. The molecule has 0 spiro atoms. The number of pyridine rings is 2. The summed E-state index contributed by atoms with van der Waals surface area (Å²) in [5.41, 5.74) is 1.44. The molecule has 0 bridgehead atoms. The molecule has 9 nitrogen and oxygen atoms in total. The van der Waals surface area contributed by atoms with Crippen molar-refractivity contribution in [1.82, 2.24) is 20.6 Å². The van der Waals surface area contributed by atoms with Gasteiger partial charge in [-0.1, -0.05) is 11.6 Å². The smallest absolute Gasteiger partial charge is 0.255 e. The molecule has 0 atom stereocenters. The minimum atomic E-state index is -0.199. The van der Waals surface area contributed by atoms with Crippen molar-refractivity contribution in [2.75, 3.05) is 10.6 Å². The van der Waals surface area contributed by atoms with E-state index in [1.165, 1.54) is 25.4 Å². The Morgan fingerprint density at radius 2 is 1.76 bits per heavy atom. The van der Waals surface area contributed by atoms with Gasteiger partial charge in [-0.3, -0.25) is 9.59 Å². The maximum atomic E-state index is 13.0. The molecule has 4 N–H and O–H groups in total. The summed E-state index contributed by atoms with van der Waals surface area (Å²) in [5, 5.41) is 21.6. The molecule has 0 unspecified atom stereocenters. The average Bonchev–Trinajstić information content (AvgIpc) is 2.76. The molecule has 2 aromatic heterocycles. The zero-order valence-corrected chi connectivity index (χ0v) is 19.7. The molecular formula is C23H28ClN7O2. The van der Waals surface area contributed by atoms with Gasteiger partial charge in [0.15, 0.2) is 0 Å². The normalized spacial score (nSPS) is 17.7. The number of nitriles is 1. The van der Waals surface area contributed by atoms with Crippen molar-refractivity contribution >= 4 is 40.7 Å². The van der Waals surface area contributed by atoms with Gasteiger partial charge in [0.25, 0.3) is 5.91 Å². The fraction of sp³-hybridized carbons (Fsp3) is 0.435. The molecule has 174 valence electrons. The van der Waals surface area contributed by atoms with E-state index in [0.717, 1.165) is 25.7 Å². The lowest BCUT2D eigenvalue weighted by Crippen LogP contribution is -2.43. The van der Waals surface area contributed by atoms with Gasteiger partial charge in [0.1, 0.15) is 17.7 Å². The van der Waals surface area contributed by atoms with Crippen LogP contribution in [0.25, 0.3) is 0 Å². The topological polar surface area (TPSA) is 132 Å². The Hall–Kier alpha value is -3.38. The summed E-state index contributed by atoms with van der Waals surface area (Å²) in [6, 6.07) is 5.56. The maximum Gasteiger partial charge on any atom is 0.255 e. The number of carbonyl (C=O) groups excluding carboxylic acids is 2. The molecule has 1 aliphatic rings. The first-order chi connectivity index (χ1) is 15.7. The van der Waals surface area contributed by atoms with Crippen molar-refractivity contribution in [3.63, 3.8) is 0 Å². The Labute approximate surface area is 198 Å². The highest BCUT2D eigenvalue weighted by molar-refractivity contribution is 6.33. The molecule has 0 saturated heterocycles. The first kappa shape index (κ1) is 24.3. The Kier molecular flexibility index (Phi) is 8.06. The Morgan fingerprint density at radius 3 is 2.33 bits per heavy atom. The Balaban J connectivity index is 1.72. The van der Waals surface area contributed by atoms with E-state index in [0.29, 0.717) is 33.5 Å². The van der Waals surface area contributed by atoms with Crippen molar-refractivity contribution in [2.24, 2.45) is 0 Å². The van der Waals surface area contributed by atoms with Gasteiger partial charge in [-0.15, -0.1) is 0 Å². The Morgan fingerprint density at radius 1 is 1.09 bits per heavy atom. The molecule has 2 amide bonds. The van der Waals surface area contributed by atoms with E-state index in [2.05, 4.69) is 31.2 Å². The van der Waals surface area contributed by atoms with E-state index < -0.39 is 0 Å². The number of carbonyl (C=O) groups is 2. The molecule has 33 heavy (non-hydrogen) atoms. The summed E-state index contributed by atoms with van der Waals surface area (Å²) in [4.78, 5) is 32.8. The van der Waals surface area contributed by atoms with Gasteiger partial charge in [0, 0.05) is 43.5 Å². The first-order valence-electron chi connectivity index (χ1n) is 10.9. The van der Waals surface area contributed by atoms with E-state index in [4.69, 9.17) is 16.9 Å². The third kappa shape index (κ3) is 6.80. The second-order valence-electron chi connectivity index (χ2n) is 8.43. The summed E-state index contributed by atoms with van der Waals surface area (Å²) in [6.45, 7) is 5.49. The van der Waals surface area contributed by atoms with E-state index in [1.54, 1.807) is 6.07 Å². The Bertz CT molecular complexity index is 1060. The highest BCUT2D eigenvalue weighted by atomic mass is 35.5. The van der Waals surface area contributed by atoms with Crippen LogP contribution in [-0.2, 0) is 4.79 Å². The second-order valence-corrected chi connectivity index (χ2v) is 8.84. The monoisotopic (exact) mass is 469 g/mol. The van der Waals surface area contributed by atoms with Gasteiger partial charge >= 0.3 is 0 Å². The van der Waals surface area contributed by atoms with Gasteiger partial charge in [0.2, 0.25) is 5.91 Å². The van der Waals surface area contributed by atoms with E-state index in [9.17, 15) is 9.59 Å². The summed E-state index contributed by atoms with van der Waals surface area (Å²) in [7, 11) is 0. The largest absolute Gasteiger partial charge is 0.382 e. The molecule has 0 aromatic carbocycles. The van der Waals surface area contributed by atoms with Crippen LogP contribution < -0.4 is 21.3 Å². The number of anilines is 3. The van der Waals surface area contributed by atoms with Gasteiger partial charge in [-0.05, 0) is 45.6 Å². The van der Waals surface area contributed by atoms with Crippen LogP contribution in [0.15, 0.2) is 24.5 Å². The third-order valence-corrected chi connectivity index (χ3v) is 5.57. The SMILES string of the molecule is CC(=O)N[C@H]1CC[C@H](NC(=O)c2cnc(Nc3ncc(C#N)cc3Cl)cc2NC(C)C)CC1. The summed E-state index contributed by atoms with van der Waals surface area (Å²) in [6.07, 6.45) is 6.22. The molecule has 10 heteroatoms. The molecule has 1 aliphatic carbocycles. The summed E-state index contributed by atoms with van der Waals surface area (Å²) >= 11 is 6.20. The van der Waals surface area contributed by atoms with Crippen LogP contribution in [0.2, 0.25) is 5.02 Å². The molecule has 1 saturated carbocycles. The number of nitrogens with one attached hydrogen (secondary N) is 4. The van der Waals surface area contributed by atoms with Gasteiger partial charge in [-0.25, -0.2) is 9.97 Å². The molecular weight excluding hydrogens is 442 g/mol. The van der Waals surface area contributed by atoms with Crippen LogP contribution in [0.3, 0.4) is 0 Å². The standard InChI is InChI=1S/C23H28ClN7O2/c1-13(2)28-20-9-21(31-22-19(24)8-15(10-25)11-27-22)26-12-18(20)23(33)30-17-6-4-16(5-7-17)29-14(3)32/h8-9,11-13,16-17H,4-7H2,1-3H3,(H,29,32)(H,30,33)(H2,26,27,28,31)/t16-,17-. The van der Waals surface area contributed by atoms with Crippen molar-refractivity contribution in [2.45, 2.75) is 64.6 Å². The van der Waals surface area contributed by atoms with Crippen LogP contribution in [0.4, 0.5) is 17.3 Å². The molecule has 2 heterocycles. The average molecular weight is 470 g/mol. The third-order valence-electron chi connectivity index (χ3n) is 5.28. The van der Waals surface area contributed by atoms with Crippen molar-refractivity contribution in [3.05, 3.63) is 40.7 Å². The fourth-order valence-corrected chi connectivity index (χ4v) is 3.99. The highest BCUT2D eigenvalue weighted by Crippen LogP contribution is 2.27. The van der Waals surface area contributed by atoms with Crippen LogP contribution in [0, 0.1) is 11.3 Å². The number of rotatable bonds is 7. The van der Waals surface area contributed by atoms with E-state index in [-0.39, 0.29) is 29.9 Å². The van der Waals surface area contributed by atoms with Crippen LogP contribution in [0.5, 0.6) is 0 Å². The predicted molar refractivity (Wildman–Crippen MR) is 128 cm³/mol. The quantitative estimate of drug-likeness (QED) is 0.485. The highest BCUT2D eigenvalue weighted by Gasteiger charge is 2.24. The molecule has 0 aliphatic heterocycles. The molecule has 3 rings (SSSR count). The zero-order valence-electron chi connectivity index (χ0n) is 18.9. The van der Waals surface area contributed by atoms with Crippen molar-refractivity contribution in [1.29, 1.82) is 5.26 Å². The van der Waals surface area contributed by atoms with E-state index >= 15 is 0 Å². The molecule has 0 radical (unpaired) electrons. The van der Waals surface area contributed by atoms with Crippen molar-refractivity contribution < 1.29 is 9.59 Å². The van der Waals surface area contributed by atoms with Crippen LogP contribution in [-0.4, -0.2) is 39.9 Å². The van der Waals surface area contributed by atoms with Gasteiger partial charge in [-0.2, -0.15) is 5.26 Å². The lowest BCUT2D eigenvalue weighted by Gasteiger charge is -2.29. The van der Waals surface area contributed by atoms with Crippen LogP contribution in [0.1, 0.15) is 62.4 Å². The molecule has 1 fully saturated rings. The second kappa shape index (κ2) is 11.0. The molecule has 2 aromatic rings. The van der Waals surface area contributed by atoms with Crippen molar-refractivity contribution in [3.8, 4) is 6.07 Å².